The largest absolute Gasteiger partial charge is 0.356 e. The first-order chi connectivity index (χ1) is 8.25. The lowest BCUT2D eigenvalue weighted by molar-refractivity contribution is 0.418. The van der Waals surface area contributed by atoms with Crippen molar-refractivity contribution in [2.45, 2.75) is 20.4 Å². The molecule has 0 aliphatic heterocycles. The molecule has 1 N–H and O–H groups in total. The molecule has 0 aliphatic carbocycles. The van der Waals surface area contributed by atoms with Gasteiger partial charge < -0.3 is 9.84 Å². The van der Waals surface area contributed by atoms with Crippen LogP contribution in [-0.4, -0.2) is 16.7 Å². The second kappa shape index (κ2) is 5.59. The van der Waals surface area contributed by atoms with Crippen molar-refractivity contribution in [2.75, 3.05) is 6.54 Å². The van der Waals surface area contributed by atoms with Gasteiger partial charge in [0.15, 0.2) is 5.76 Å². The zero-order valence-corrected chi connectivity index (χ0v) is 10.2. The molecule has 0 atom stereocenters. The molecule has 2 aromatic rings. The average molecular weight is 231 g/mol. The summed E-state index contributed by atoms with van der Waals surface area (Å²) in [6, 6.07) is 5.78. The van der Waals surface area contributed by atoms with E-state index in [-0.39, 0.29) is 0 Å². The quantitative estimate of drug-likeness (QED) is 0.859. The standard InChI is InChI=1S/C13H17N3O/c1-10(2)8-15-9-12-7-13(17-16-12)11-3-5-14-6-4-11/h3-7,10,15H,8-9H2,1-2H3. The van der Waals surface area contributed by atoms with Crippen molar-refractivity contribution < 1.29 is 4.52 Å². The molecule has 0 aliphatic rings. The Morgan fingerprint density at radius 1 is 1.29 bits per heavy atom. The van der Waals surface area contributed by atoms with Crippen molar-refractivity contribution >= 4 is 0 Å². The number of rotatable bonds is 5. The van der Waals surface area contributed by atoms with E-state index in [0.717, 1.165) is 30.1 Å². The summed E-state index contributed by atoms with van der Waals surface area (Å²) >= 11 is 0. The fourth-order valence-electron chi connectivity index (χ4n) is 1.54. The Balaban J connectivity index is 1.97. The summed E-state index contributed by atoms with van der Waals surface area (Å²) in [6.45, 7) is 6.08. The summed E-state index contributed by atoms with van der Waals surface area (Å²) < 4.78 is 5.29. The second-order valence-electron chi connectivity index (χ2n) is 4.44. The Bertz CT molecular complexity index is 451. The SMILES string of the molecule is CC(C)CNCc1cc(-c2ccncc2)on1. The average Bonchev–Trinajstić information content (AvgIpc) is 2.78. The maximum atomic E-state index is 5.29. The van der Waals surface area contributed by atoms with Gasteiger partial charge in [-0.05, 0) is 24.6 Å². The molecule has 0 saturated carbocycles. The Morgan fingerprint density at radius 2 is 2.06 bits per heavy atom. The number of nitrogens with one attached hydrogen (secondary N) is 1. The predicted octanol–water partition coefficient (Wildman–Crippen LogP) is 2.48. The van der Waals surface area contributed by atoms with Crippen molar-refractivity contribution in [3.63, 3.8) is 0 Å². The van der Waals surface area contributed by atoms with Crippen molar-refractivity contribution in [2.24, 2.45) is 5.92 Å². The molecule has 0 aromatic carbocycles. The van der Waals surface area contributed by atoms with Crippen LogP contribution in [0.5, 0.6) is 0 Å². The predicted molar refractivity (Wildman–Crippen MR) is 66.3 cm³/mol. The van der Waals surface area contributed by atoms with Crippen LogP contribution in [0.2, 0.25) is 0 Å². The molecule has 0 fully saturated rings. The van der Waals surface area contributed by atoms with Crippen LogP contribution in [0.15, 0.2) is 35.1 Å². The first-order valence-electron chi connectivity index (χ1n) is 5.82. The van der Waals surface area contributed by atoms with Gasteiger partial charge in [0, 0.05) is 30.6 Å². The number of hydrogen-bond acceptors (Lipinski definition) is 4. The number of aromatic nitrogens is 2. The number of pyridine rings is 1. The summed E-state index contributed by atoms with van der Waals surface area (Å²) in [5, 5.41) is 7.36. The molecule has 2 rings (SSSR count). The minimum absolute atomic E-state index is 0.640. The highest BCUT2D eigenvalue weighted by molar-refractivity contribution is 5.56. The van der Waals surface area contributed by atoms with Gasteiger partial charge in [0.25, 0.3) is 0 Å². The van der Waals surface area contributed by atoms with E-state index in [9.17, 15) is 0 Å². The lowest BCUT2D eigenvalue weighted by Gasteiger charge is -2.03. The zero-order valence-electron chi connectivity index (χ0n) is 10.2. The molecule has 0 amide bonds. The van der Waals surface area contributed by atoms with E-state index in [1.807, 2.05) is 18.2 Å². The van der Waals surface area contributed by atoms with Crippen molar-refractivity contribution in [3.05, 3.63) is 36.3 Å². The van der Waals surface area contributed by atoms with Gasteiger partial charge in [-0.25, -0.2) is 0 Å². The van der Waals surface area contributed by atoms with Gasteiger partial charge in [0.1, 0.15) is 0 Å². The van der Waals surface area contributed by atoms with E-state index >= 15 is 0 Å². The third-order valence-electron chi connectivity index (χ3n) is 2.38. The van der Waals surface area contributed by atoms with Gasteiger partial charge in [-0.1, -0.05) is 19.0 Å². The van der Waals surface area contributed by atoms with Crippen LogP contribution in [0.3, 0.4) is 0 Å². The van der Waals surface area contributed by atoms with Gasteiger partial charge in [-0.2, -0.15) is 0 Å². The summed E-state index contributed by atoms with van der Waals surface area (Å²) in [6.07, 6.45) is 3.49. The number of hydrogen-bond donors (Lipinski definition) is 1. The van der Waals surface area contributed by atoms with Crippen LogP contribution in [0, 0.1) is 5.92 Å². The molecular formula is C13H17N3O. The second-order valence-corrected chi connectivity index (χ2v) is 4.44. The van der Waals surface area contributed by atoms with Gasteiger partial charge in [0.05, 0.1) is 5.69 Å². The fourth-order valence-corrected chi connectivity index (χ4v) is 1.54. The van der Waals surface area contributed by atoms with Crippen molar-refractivity contribution in [1.82, 2.24) is 15.5 Å². The van der Waals surface area contributed by atoms with E-state index in [0.29, 0.717) is 5.92 Å². The van der Waals surface area contributed by atoms with Crippen molar-refractivity contribution in [3.8, 4) is 11.3 Å². The Labute approximate surface area is 101 Å². The molecule has 0 saturated heterocycles. The van der Waals surface area contributed by atoms with Gasteiger partial charge in [-0.15, -0.1) is 0 Å². The van der Waals surface area contributed by atoms with Crippen LogP contribution >= 0.6 is 0 Å². The highest BCUT2D eigenvalue weighted by Gasteiger charge is 2.06. The molecular weight excluding hydrogens is 214 g/mol. The monoisotopic (exact) mass is 231 g/mol. The molecule has 2 aromatic heterocycles. The normalized spacial score (nSPS) is 11.0. The minimum atomic E-state index is 0.640. The Kier molecular flexibility index (Phi) is 3.88. The molecule has 2 heterocycles. The lowest BCUT2D eigenvalue weighted by atomic mass is 10.2. The van der Waals surface area contributed by atoms with Crippen LogP contribution < -0.4 is 5.32 Å². The van der Waals surface area contributed by atoms with Crippen molar-refractivity contribution in [1.29, 1.82) is 0 Å². The molecule has 17 heavy (non-hydrogen) atoms. The molecule has 0 spiro atoms. The molecule has 4 nitrogen and oxygen atoms in total. The molecule has 4 heteroatoms. The summed E-state index contributed by atoms with van der Waals surface area (Å²) in [7, 11) is 0. The summed E-state index contributed by atoms with van der Waals surface area (Å²) in [5.41, 5.74) is 1.93. The highest BCUT2D eigenvalue weighted by atomic mass is 16.5. The van der Waals surface area contributed by atoms with E-state index in [1.165, 1.54) is 0 Å². The number of nitrogens with zero attached hydrogens (tertiary/aromatic N) is 2. The van der Waals surface area contributed by atoms with Crippen LogP contribution in [0.25, 0.3) is 11.3 Å². The van der Waals surface area contributed by atoms with E-state index in [1.54, 1.807) is 12.4 Å². The van der Waals surface area contributed by atoms with Gasteiger partial charge in [0.2, 0.25) is 0 Å². The lowest BCUT2D eigenvalue weighted by Crippen LogP contribution is -2.18. The molecule has 0 radical (unpaired) electrons. The maximum absolute atomic E-state index is 5.29. The molecule has 90 valence electrons. The summed E-state index contributed by atoms with van der Waals surface area (Å²) in [4.78, 5) is 3.97. The van der Waals surface area contributed by atoms with E-state index in [2.05, 4.69) is 29.3 Å². The molecule has 0 bridgehead atoms. The first kappa shape index (κ1) is 11.8. The third kappa shape index (κ3) is 3.39. The van der Waals surface area contributed by atoms with Gasteiger partial charge in [-0.3, -0.25) is 4.98 Å². The third-order valence-corrected chi connectivity index (χ3v) is 2.38. The van der Waals surface area contributed by atoms with Crippen LogP contribution in [0.1, 0.15) is 19.5 Å². The zero-order chi connectivity index (χ0) is 12.1. The highest BCUT2D eigenvalue weighted by Crippen LogP contribution is 2.18. The van der Waals surface area contributed by atoms with Crippen LogP contribution in [-0.2, 0) is 6.54 Å². The fraction of sp³-hybridized carbons (Fsp3) is 0.385. The molecule has 0 unspecified atom stereocenters. The summed E-state index contributed by atoms with van der Waals surface area (Å²) in [5.74, 6) is 1.43. The smallest absolute Gasteiger partial charge is 0.167 e. The maximum Gasteiger partial charge on any atom is 0.167 e. The van der Waals surface area contributed by atoms with E-state index < -0.39 is 0 Å². The Hall–Kier alpha value is -1.68. The Morgan fingerprint density at radius 3 is 2.76 bits per heavy atom. The topological polar surface area (TPSA) is 51.0 Å². The van der Waals surface area contributed by atoms with E-state index in [4.69, 9.17) is 4.52 Å². The van der Waals surface area contributed by atoms with Gasteiger partial charge >= 0.3 is 0 Å². The minimum Gasteiger partial charge on any atom is -0.356 e. The van der Waals surface area contributed by atoms with Crippen LogP contribution in [0.4, 0.5) is 0 Å². The first-order valence-corrected chi connectivity index (χ1v) is 5.82.